The van der Waals surface area contributed by atoms with Gasteiger partial charge in [0.15, 0.2) is 11.0 Å². The maximum Gasteiger partial charge on any atom is 0.263 e. The lowest BCUT2D eigenvalue weighted by molar-refractivity contribution is -0.0145. The first-order chi connectivity index (χ1) is 13.0. The third-order valence-electron chi connectivity index (χ3n) is 4.39. The van der Waals surface area contributed by atoms with Crippen molar-refractivity contribution in [3.05, 3.63) is 22.3 Å². The van der Waals surface area contributed by atoms with Crippen molar-refractivity contribution in [1.82, 2.24) is 25.3 Å². The van der Waals surface area contributed by atoms with Gasteiger partial charge in [0.2, 0.25) is 5.89 Å². The molecule has 1 unspecified atom stereocenters. The summed E-state index contributed by atoms with van der Waals surface area (Å²) in [5.74, 6) is 1.20. The van der Waals surface area contributed by atoms with E-state index in [1.54, 1.807) is 0 Å². The Labute approximate surface area is 162 Å². The molecular weight excluding hydrogens is 368 g/mol. The van der Waals surface area contributed by atoms with E-state index in [4.69, 9.17) is 9.26 Å². The second-order valence-electron chi connectivity index (χ2n) is 6.67. The Morgan fingerprint density at radius 1 is 1.41 bits per heavy atom. The van der Waals surface area contributed by atoms with Crippen molar-refractivity contribution in [2.45, 2.75) is 32.9 Å². The monoisotopic (exact) mass is 394 g/mol. The highest BCUT2D eigenvalue weighted by Crippen LogP contribution is 2.24. The number of aryl methyl sites for hydroxylation is 2. The Kier molecular flexibility index (Phi) is 6.40. The normalized spacial score (nSPS) is 17.9. The number of hydrogen-bond acceptors (Lipinski definition) is 9. The van der Waals surface area contributed by atoms with Crippen molar-refractivity contribution in [2.24, 2.45) is 0 Å². The molecule has 148 valence electrons. The number of nitrogens with zero attached hydrogens (tertiary/aromatic N) is 5. The molecule has 1 fully saturated rings. The summed E-state index contributed by atoms with van der Waals surface area (Å²) in [7, 11) is 3.83. The van der Waals surface area contributed by atoms with Crippen molar-refractivity contribution in [2.75, 3.05) is 45.3 Å². The minimum Gasteiger partial charge on any atom is -0.378 e. The number of anilines is 1. The van der Waals surface area contributed by atoms with Crippen LogP contribution in [0.3, 0.4) is 0 Å². The average Bonchev–Trinajstić information content (AvgIpc) is 3.27. The van der Waals surface area contributed by atoms with Crippen LogP contribution in [-0.4, -0.2) is 72.4 Å². The van der Waals surface area contributed by atoms with Gasteiger partial charge >= 0.3 is 0 Å². The number of hydrogen-bond donors (Lipinski definition) is 1. The summed E-state index contributed by atoms with van der Waals surface area (Å²) in [5, 5.41) is 7.78. The number of nitrogens with one attached hydrogen (secondary N) is 1. The summed E-state index contributed by atoms with van der Waals surface area (Å²) < 4.78 is 10.9. The van der Waals surface area contributed by atoms with Gasteiger partial charge in [0.25, 0.3) is 5.91 Å². The first-order valence-electron chi connectivity index (χ1n) is 9.04. The van der Waals surface area contributed by atoms with Crippen LogP contribution in [0.2, 0.25) is 0 Å². The second-order valence-corrected chi connectivity index (χ2v) is 7.65. The predicted octanol–water partition coefficient (Wildman–Crippen LogP) is 1.09. The van der Waals surface area contributed by atoms with Crippen LogP contribution in [0.25, 0.3) is 0 Å². The predicted molar refractivity (Wildman–Crippen MR) is 102 cm³/mol. The van der Waals surface area contributed by atoms with Gasteiger partial charge < -0.3 is 19.5 Å². The molecule has 1 atom stereocenters. The number of aromatic nitrogens is 3. The SMILES string of the molecule is CCc1noc(CN2CCOCC2CNC(=O)c2sc(N(C)C)nc2C)n1. The van der Waals surface area contributed by atoms with Crippen LogP contribution in [0, 0.1) is 6.92 Å². The summed E-state index contributed by atoms with van der Waals surface area (Å²) >= 11 is 1.40. The van der Waals surface area contributed by atoms with Gasteiger partial charge in [0.1, 0.15) is 4.88 Å². The first kappa shape index (κ1) is 19.7. The van der Waals surface area contributed by atoms with Gasteiger partial charge in [0.05, 0.1) is 31.5 Å². The molecule has 1 saturated heterocycles. The van der Waals surface area contributed by atoms with Gasteiger partial charge in [-0.1, -0.05) is 23.4 Å². The summed E-state index contributed by atoms with van der Waals surface area (Å²) in [6.07, 6.45) is 0.745. The number of thiazole rings is 1. The smallest absolute Gasteiger partial charge is 0.263 e. The molecule has 1 N–H and O–H groups in total. The summed E-state index contributed by atoms with van der Waals surface area (Å²) in [6, 6.07) is 0.0567. The van der Waals surface area contributed by atoms with E-state index in [0.29, 0.717) is 42.9 Å². The Bertz CT molecular complexity index is 775. The molecule has 27 heavy (non-hydrogen) atoms. The molecule has 9 nitrogen and oxygen atoms in total. The molecule has 0 saturated carbocycles. The number of carbonyl (C=O) groups is 1. The fraction of sp³-hybridized carbons (Fsp3) is 0.647. The molecule has 0 radical (unpaired) electrons. The number of amides is 1. The lowest BCUT2D eigenvalue weighted by atomic mass is 10.2. The molecule has 3 heterocycles. The van der Waals surface area contributed by atoms with E-state index < -0.39 is 0 Å². The van der Waals surface area contributed by atoms with E-state index in [2.05, 4.69) is 25.3 Å². The van der Waals surface area contributed by atoms with Crippen LogP contribution < -0.4 is 10.2 Å². The number of carbonyl (C=O) groups excluding carboxylic acids is 1. The Balaban J connectivity index is 1.60. The van der Waals surface area contributed by atoms with Crippen molar-refractivity contribution in [3.63, 3.8) is 0 Å². The highest BCUT2D eigenvalue weighted by Gasteiger charge is 2.26. The van der Waals surface area contributed by atoms with Crippen molar-refractivity contribution in [1.29, 1.82) is 0 Å². The number of ether oxygens (including phenoxy) is 1. The minimum absolute atomic E-state index is 0.0567. The zero-order chi connectivity index (χ0) is 19.4. The van der Waals surface area contributed by atoms with Crippen LogP contribution in [0.15, 0.2) is 4.52 Å². The zero-order valence-electron chi connectivity index (χ0n) is 16.2. The molecule has 1 aliphatic heterocycles. The van der Waals surface area contributed by atoms with Crippen LogP contribution in [0.5, 0.6) is 0 Å². The molecule has 1 amide bonds. The second kappa shape index (κ2) is 8.77. The van der Waals surface area contributed by atoms with Crippen LogP contribution in [0.4, 0.5) is 5.13 Å². The van der Waals surface area contributed by atoms with Crippen LogP contribution in [-0.2, 0) is 17.7 Å². The summed E-state index contributed by atoms with van der Waals surface area (Å²) in [4.78, 5) is 26.1. The lowest BCUT2D eigenvalue weighted by Gasteiger charge is -2.34. The molecule has 1 aliphatic rings. The molecule has 2 aromatic heterocycles. The van der Waals surface area contributed by atoms with E-state index in [-0.39, 0.29) is 11.9 Å². The lowest BCUT2D eigenvalue weighted by Crippen LogP contribution is -2.50. The molecule has 10 heteroatoms. The van der Waals surface area contributed by atoms with E-state index >= 15 is 0 Å². The summed E-state index contributed by atoms with van der Waals surface area (Å²) in [5.41, 5.74) is 0.746. The molecule has 3 rings (SSSR count). The third-order valence-corrected chi connectivity index (χ3v) is 5.71. The Morgan fingerprint density at radius 2 is 2.22 bits per heavy atom. The first-order valence-corrected chi connectivity index (χ1v) is 9.85. The van der Waals surface area contributed by atoms with Crippen molar-refractivity contribution >= 4 is 22.4 Å². The molecular formula is C17H26N6O3S. The largest absolute Gasteiger partial charge is 0.378 e. The molecule has 0 aromatic carbocycles. The fourth-order valence-corrected chi connectivity index (χ4v) is 3.74. The Morgan fingerprint density at radius 3 is 2.89 bits per heavy atom. The van der Waals surface area contributed by atoms with E-state index in [1.807, 2.05) is 32.8 Å². The van der Waals surface area contributed by atoms with Gasteiger partial charge in [-0.05, 0) is 6.92 Å². The zero-order valence-corrected chi connectivity index (χ0v) is 17.0. The van der Waals surface area contributed by atoms with Gasteiger partial charge in [-0.2, -0.15) is 4.98 Å². The van der Waals surface area contributed by atoms with Gasteiger partial charge in [0, 0.05) is 33.6 Å². The van der Waals surface area contributed by atoms with E-state index in [9.17, 15) is 4.79 Å². The maximum absolute atomic E-state index is 12.6. The van der Waals surface area contributed by atoms with Gasteiger partial charge in [-0.15, -0.1) is 0 Å². The quantitative estimate of drug-likeness (QED) is 0.746. The average molecular weight is 395 g/mol. The molecule has 0 spiro atoms. The Hall–Kier alpha value is -2.04. The van der Waals surface area contributed by atoms with Crippen LogP contribution >= 0.6 is 11.3 Å². The van der Waals surface area contributed by atoms with Crippen molar-refractivity contribution < 1.29 is 14.1 Å². The fourth-order valence-electron chi connectivity index (χ4n) is 2.83. The topological polar surface area (TPSA) is 96.6 Å². The van der Waals surface area contributed by atoms with Gasteiger partial charge in [-0.25, -0.2) is 4.98 Å². The standard InChI is InChI=1S/C17H26N6O3S/c1-5-13-20-14(26-21-13)9-23-6-7-25-10-12(23)8-18-16(24)15-11(2)19-17(27-15)22(3)4/h12H,5-10H2,1-4H3,(H,18,24). The number of morpholine rings is 1. The molecule has 0 aliphatic carbocycles. The van der Waals surface area contributed by atoms with Gasteiger partial charge in [-0.3, -0.25) is 9.69 Å². The van der Waals surface area contributed by atoms with E-state index in [1.165, 1.54) is 11.3 Å². The molecule has 2 aromatic rings. The molecule has 0 bridgehead atoms. The minimum atomic E-state index is -0.102. The van der Waals surface area contributed by atoms with Crippen LogP contribution in [0.1, 0.15) is 34.0 Å². The third kappa shape index (κ3) is 4.82. The van der Waals surface area contributed by atoms with Crippen molar-refractivity contribution in [3.8, 4) is 0 Å². The van der Waals surface area contributed by atoms with E-state index in [0.717, 1.165) is 23.8 Å². The summed E-state index contributed by atoms with van der Waals surface area (Å²) in [6.45, 7) is 6.86. The number of rotatable bonds is 7. The maximum atomic E-state index is 12.6. The highest BCUT2D eigenvalue weighted by atomic mass is 32.1. The highest BCUT2D eigenvalue weighted by molar-refractivity contribution is 7.17.